The van der Waals surface area contributed by atoms with E-state index < -0.39 is 5.60 Å². The lowest BCUT2D eigenvalue weighted by atomic mass is 9.99. The molecule has 1 unspecified atom stereocenters. The van der Waals surface area contributed by atoms with Gasteiger partial charge in [0.1, 0.15) is 5.60 Å². The number of halogens is 1. The number of rotatable bonds is 7. The Morgan fingerprint density at radius 2 is 2.09 bits per heavy atom. The molecule has 0 bridgehead atoms. The van der Waals surface area contributed by atoms with Crippen LogP contribution < -0.4 is 0 Å². The van der Waals surface area contributed by atoms with Gasteiger partial charge < -0.3 is 9.64 Å². The molecule has 7 heteroatoms. The van der Waals surface area contributed by atoms with E-state index in [4.69, 9.17) is 16.3 Å². The minimum atomic E-state index is -0.465. The van der Waals surface area contributed by atoms with Gasteiger partial charge in [-0.1, -0.05) is 25.1 Å². The minimum Gasteiger partial charge on any atom is -0.444 e. The monoisotopic (exact) mass is 458 g/mol. The van der Waals surface area contributed by atoms with Crippen molar-refractivity contribution in [3.8, 4) is 11.3 Å². The summed E-state index contributed by atoms with van der Waals surface area (Å²) in [7, 11) is 0. The van der Waals surface area contributed by atoms with E-state index in [9.17, 15) is 4.79 Å². The van der Waals surface area contributed by atoms with Gasteiger partial charge in [-0.25, -0.2) is 14.8 Å². The van der Waals surface area contributed by atoms with Crippen LogP contribution in [0.4, 0.5) is 4.79 Å². The van der Waals surface area contributed by atoms with Gasteiger partial charge in [0.2, 0.25) is 5.28 Å². The van der Waals surface area contributed by atoms with E-state index in [2.05, 4.69) is 40.0 Å². The Hall–Kier alpha value is -2.18. The molecule has 2 heterocycles. The van der Waals surface area contributed by atoms with E-state index in [1.54, 1.807) is 6.20 Å². The molecule has 1 fully saturated rings. The fourth-order valence-electron chi connectivity index (χ4n) is 4.13. The molecular formula is C25H35ClN4O2. The van der Waals surface area contributed by atoms with E-state index in [0.29, 0.717) is 0 Å². The van der Waals surface area contributed by atoms with Crippen molar-refractivity contribution < 1.29 is 9.53 Å². The quantitative estimate of drug-likeness (QED) is 0.491. The molecule has 1 aliphatic rings. The molecule has 1 saturated heterocycles. The highest BCUT2D eigenvalue weighted by molar-refractivity contribution is 6.28. The molecule has 0 N–H and O–H groups in total. The van der Waals surface area contributed by atoms with Crippen LogP contribution in [0.3, 0.4) is 0 Å². The number of likely N-dealkylation sites (tertiary alicyclic amines) is 1. The summed E-state index contributed by atoms with van der Waals surface area (Å²) in [4.78, 5) is 25.4. The molecule has 0 aliphatic carbocycles. The number of piperidine rings is 1. The van der Waals surface area contributed by atoms with Gasteiger partial charge in [0.05, 0.1) is 5.69 Å². The molecule has 1 amide bonds. The van der Waals surface area contributed by atoms with E-state index >= 15 is 0 Å². The van der Waals surface area contributed by atoms with Gasteiger partial charge in [-0.15, -0.1) is 0 Å². The summed E-state index contributed by atoms with van der Waals surface area (Å²) < 4.78 is 5.65. The minimum absolute atomic E-state index is 0.179. The number of nitrogens with zero attached hydrogens (tertiary/aromatic N) is 4. The lowest BCUT2D eigenvalue weighted by molar-refractivity contribution is 0.00765. The molecule has 3 rings (SSSR count). The molecule has 2 aromatic rings. The van der Waals surface area contributed by atoms with Crippen molar-refractivity contribution in [2.24, 2.45) is 0 Å². The smallest absolute Gasteiger partial charge is 0.410 e. The first-order valence-electron chi connectivity index (χ1n) is 11.5. The molecule has 1 atom stereocenters. The summed E-state index contributed by atoms with van der Waals surface area (Å²) in [6.07, 6.45) is 5.71. The second kappa shape index (κ2) is 11.1. The number of hydrogen-bond donors (Lipinski definition) is 0. The van der Waals surface area contributed by atoms with Crippen molar-refractivity contribution in [2.45, 2.75) is 71.6 Å². The summed E-state index contributed by atoms with van der Waals surface area (Å²) in [5.41, 5.74) is 2.62. The zero-order chi connectivity index (χ0) is 23.1. The fraction of sp³-hybridized carbons (Fsp3) is 0.560. The maximum atomic E-state index is 12.7. The molecule has 0 radical (unpaired) electrons. The van der Waals surface area contributed by atoms with Gasteiger partial charge >= 0.3 is 6.09 Å². The van der Waals surface area contributed by atoms with Crippen LogP contribution in [0.1, 0.15) is 58.9 Å². The second-order valence-corrected chi connectivity index (χ2v) is 9.73. The zero-order valence-electron chi connectivity index (χ0n) is 19.7. The molecule has 1 aromatic heterocycles. The third-order valence-electron chi connectivity index (χ3n) is 5.74. The van der Waals surface area contributed by atoms with Crippen molar-refractivity contribution >= 4 is 17.7 Å². The van der Waals surface area contributed by atoms with Crippen LogP contribution in [0, 0.1) is 0 Å². The van der Waals surface area contributed by atoms with Gasteiger partial charge in [0.25, 0.3) is 0 Å². The van der Waals surface area contributed by atoms with Crippen LogP contribution in [-0.4, -0.2) is 57.1 Å². The first-order valence-corrected chi connectivity index (χ1v) is 11.9. The Kier molecular flexibility index (Phi) is 8.49. The van der Waals surface area contributed by atoms with Crippen LogP contribution in [0.25, 0.3) is 11.3 Å². The van der Waals surface area contributed by atoms with Gasteiger partial charge in [0.15, 0.2) is 0 Å². The molecule has 6 nitrogen and oxygen atoms in total. The molecule has 0 saturated carbocycles. The number of hydrogen-bond acceptors (Lipinski definition) is 5. The van der Waals surface area contributed by atoms with Crippen LogP contribution in [0.5, 0.6) is 0 Å². The molecule has 32 heavy (non-hydrogen) atoms. The van der Waals surface area contributed by atoms with Crippen molar-refractivity contribution in [1.82, 2.24) is 19.8 Å². The summed E-state index contributed by atoms with van der Waals surface area (Å²) in [6.45, 7) is 11.5. The highest BCUT2D eigenvalue weighted by Crippen LogP contribution is 2.24. The van der Waals surface area contributed by atoms with Gasteiger partial charge in [-0.05, 0) is 82.3 Å². The lowest BCUT2D eigenvalue weighted by Gasteiger charge is -2.37. The topological polar surface area (TPSA) is 58.6 Å². The molecule has 174 valence electrons. The maximum absolute atomic E-state index is 12.7. The Morgan fingerprint density at radius 1 is 1.28 bits per heavy atom. The normalized spacial score (nSPS) is 16.9. The predicted molar refractivity (Wildman–Crippen MR) is 129 cm³/mol. The lowest BCUT2D eigenvalue weighted by Crippen LogP contribution is -2.47. The highest BCUT2D eigenvalue weighted by atomic mass is 35.5. The van der Waals surface area contributed by atoms with Crippen molar-refractivity contribution in [1.29, 1.82) is 0 Å². The number of amides is 1. The highest BCUT2D eigenvalue weighted by Gasteiger charge is 2.30. The first-order chi connectivity index (χ1) is 15.2. The first kappa shape index (κ1) is 24.5. The number of carbonyl (C=O) groups excluding carboxylic acids is 1. The fourth-order valence-corrected chi connectivity index (χ4v) is 4.27. The summed E-state index contributed by atoms with van der Waals surface area (Å²) in [5.74, 6) is 0. The second-order valence-electron chi connectivity index (χ2n) is 9.39. The Morgan fingerprint density at radius 3 is 2.81 bits per heavy atom. The number of benzene rings is 1. The van der Waals surface area contributed by atoms with Crippen LogP contribution in [0.2, 0.25) is 5.28 Å². The summed E-state index contributed by atoms with van der Waals surface area (Å²) in [5, 5.41) is 0.255. The molecule has 1 aromatic carbocycles. The molecule has 0 spiro atoms. The predicted octanol–water partition coefficient (Wildman–Crippen LogP) is 5.80. The number of aromatic nitrogens is 2. The molecular weight excluding hydrogens is 424 g/mol. The molecule has 1 aliphatic heterocycles. The third kappa shape index (κ3) is 7.17. The van der Waals surface area contributed by atoms with Crippen LogP contribution >= 0.6 is 11.6 Å². The van der Waals surface area contributed by atoms with E-state index in [-0.39, 0.29) is 17.4 Å². The SMILES string of the molecule is CCN(CCC1CCCCN1C(=O)OC(C)(C)C)Cc1cccc(-c2ccnc(Cl)n2)c1. The van der Waals surface area contributed by atoms with Crippen molar-refractivity contribution in [3.05, 3.63) is 47.4 Å². The van der Waals surface area contributed by atoms with Gasteiger partial charge in [-0.2, -0.15) is 0 Å². The van der Waals surface area contributed by atoms with Crippen LogP contribution in [0.15, 0.2) is 36.5 Å². The zero-order valence-corrected chi connectivity index (χ0v) is 20.4. The Bertz CT molecular complexity index is 900. The third-order valence-corrected chi connectivity index (χ3v) is 5.92. The Balaban J connectivity index is 1.61. The van der Waals surface area contributed by atoms with E-state index in [1.165, 1.54) is 12.0 Å². The summed E-state index contributed by atoms with van der Waals surface area (Å²) in [6, 6.07) is 10.5. The van der Waals surface area contributed by atoms with Crippen molar-refractivity contribution in [3.63, 3.8) is 0 Å². The average Bonchev–Trinajstić information content (AvgIpc) is 2.76. The van der Waals surface area contributed by atoms with E-state index in [0.717, 1.165) is 56.7 Å². The number of ether oxygens (including phenoxy) is 1. The van der Waals surface area contributed by atoms with Crippen LogP contribution in [-0.2, 0) is 11.3 Å². The van der Waals surface area contributed by atoms with Gasteiger partial charge in [0, 0.05) is 37.4 Å². The van der Waals surface area contributed by atoms with Crippen molar-refractivity contribution in [2.75, 3.05) is 19.6 Å². The maximum Gasteiger partial charge on any atom is 0.410 e. The summed E-state index contributed by atoms with van der Waals surface area (Å²) >= 11 is 5.96. The van der Waals surface area contributed by atoms with Gasteiger partial charge in [-0.3, -0.25) is 4.90 Å². The van der Waals surface area contributed by atoms with E-state index in [1.807, 2.05) is 37.8 Å². The number of carbonyl (C=O) groups is 1. The standard InChI is InChI=1S/C25H35ClN4O2/c1-5-29(16-13-21-11-6-7-15-30(21)24(31)32-25(2,3)4)18-19-9-8-10-20(17-19)22-12-14-27-23(26)28-22/h8-10,12,14,17,21H,5-7,11,13,15-16,18H2,1-4H3. The Labute approximate surface area is 196 Å². The average molecular weight is 459 g/mol. The largest absolute Gasteiger partial charge is 0.444 e.